The highest BCUT2D eigenvalue weighted by Gasteiger charge is 2.05. The molecule has 80 valence electrons. The van der Waals surface area contributed by atoms with Crippen LogP contribution in [0.5, 0.6) is 0 Å². The molecule has 0 unspecified atom stereocenters. The molecule has 1 aromatic carbocycles. The van der Waals surface area contributed by atoms with Crippen molar-refractivity contribution in [2.24, 2.45) is 0 Å². The van der Waals surface area contributed by atoms with Crippen LogP contribution in [0.2, 0.25) is 0 Å². The lowest BCUT2D eigenvalue weighted by Crippen LogP contribution is -2.37. The van der Waals surface area contributed by atoms with E-state index in [4.69, 9.17) is 0 Å². The number of nitrogens with one attached hydrogen (secondary N) is 1. The molecule has 1 rings (SSSR count). The van der Waals surface area contributed by atoms with Gasteiger partial charge in [0.25, 0.3) is 0 Å². The Bertz CT molecular complexity index is 325. The van der Waals surface area contributed by atoms with E-state index in [1.54, 1.807) is 7.05 Å². The number of benzene rings is 1. The minimum Gasteiger partial charge on any atom is -0.334 e. The van der Waals surface area contributed by atoms with Gasteiger partial charge < -0.3 is 15.0 Å². The van der Waals surface area contributed by atoms with Crippen molar-refractivity contribution in [1.29, 1.82) is 0 Å². The molecule has 0 bridgehead atoms. The predicted molar refractivity (Wildman–Crippen MR) is 57.4 cm³/mol. The Morgan fingerprint density at radius 2 is 2.07 bits per heavy atom. The van der Waals surface area contributed by atoms with E-state index in [1.165, 1.54) is 4.90 Å². The number of nitrogens with zero attached hydrogens (tertiary/aromatic N) is 1. The Morgan fingerprint density at radius 1 is 1.40 bits per heavy atom. The van der Waals surface area contributed by atoms with Crippen molar-refractivity contribution in [1.82, 2.24) is 10.2 Å². The molecule has 4 nitrogen and oxygen atoms in total. The highest BCUT2D eigenvalue weighted by molar-refractivity contribution is 5.76. The molecule has 0 aliphatic rings. The van der Waals surface area contributed by atoms with Gasteiger partial charge in [-0.05, 0) is 5.56 Å². The van der Waals surface area contributed by atoms with Gasteiger partial charge in [0.1, 0.15) is 6.29 Å². The van der Waals surface area contributed by atoms with Gasteiger partial charge in [-0.15, -0.1) is 0 Å². The lowest BCUT2D eigenvalue weighted by molar-refractivity contribution is -0.108. The Morgan fingerprint density at radius 3 is 2.67 bits per heavy atom. The molecule has 2 amide bonds. The van der Waals surface area contributed by atoms with Crippen LogP contribution in [-0.4, -0.2) is 30.8 Å². The van der Waals surface area contributed by atoms with E-state index in [9.17, 15) is 9.59 Å². The third-order valence-corrected chi connectivity index (χ3v) is 1.98. The lowest BCUT2D eigenvalue weighted by Gasteiger charge is -2.14. The molecule has 15 heavy (non-hydrogen) atoms. The topological polar surface area (TPSA) is 49.4 Å². The van der Waals surface area contributed by atoms with E-state index in [2.05, 4.69) is 5.32 Å². The fourth-order valence-electron chi connectivity index (χ4n) is 1.10. The van der Waals surface area contributed by atoms with Gasteiger partial charge in [0, 0.05) is 13.6 Å². The van der Waals surface area contributed by atoms with Crippen LogP contribution >= 0.6 is 0 Å². The van der Waals surface area contributed by atoms with Crippen LogP contribution in [0.25, 0.3) is 0 Å². The molecule has 0 heterocycles. The monoisotopic (exact) mass is 206 g/mol. The van der Waals surface area contributed by atoms with E-state index in [0.29, 0.717) is 12.8 Å². The van der Waals surface area contributed by atoms with Gasteiger partial charge in [0.15, 0.2) is 0 Å². The third-order valence-electron chi connectivity index (χ3n) is 1.98. The average Bonchev–Trinajstić information content (AvgIpc) is 2.27. The number of amides is 2. The van der Waals surface area contributed by atoms with Crippen LogP contribution in [0, 0.1) is 0 Å². The standard InChI is InChI=1S/C11H14N2O2/c1-13(7-8-14)11(15)12-9-10-5-3-2-4-6-10/h2-6,8H,7,9H2,1H3,(H,12,15). The van der Waals surface area contributed by atoms with Gasteiger partial charge in [-0.3, -0.25) is 0 Å². The van der Waals surface area contributed by atoms with Crippen molar-refractivity contribution < 1.29 is 9.59 Å². The molecule has 1 N–H and O–H groups in total. The fourth-order valence-corrected chi connectivity index (χ4v) is 1.10. The van der Waals surface area contributed by atoms with Crippen LogP contribution in [0.4, 0.5) is 4.79 Å². The first-order valence-electron chi connectivity index (χ1n) is 4.70. The number of likely N-dealkylation sites (N-methyl/N-ethyl adjacent to an activating group) is 1. The maximum absolute atomic E-state index is 11.4. The fraction of sp³-hybridized carbons (Fsp3) is 0.273. The second-order valence-corrected chi connectivity index (χ2v) is 3.19. The molecule has 0 saturated heterocycles. The molecule has 0 aromatic heterocycles. The van der Waals surface area contributed by atoms with Crippen molar-refractivity contribution in [2.75, 3.05) is 13.6 Å². The van der Waals surface area contributed by atoms with Crippen LogP contribution in [0.3, 0.4) is 0 Å². The molecule has 4 heteroatoms. The zero-order valence-corrected chi connectivity index (χ0v) is 8.64. The van der Waals surface area contributed by atoms with Crippen molar-refractivity contribution in [3.8, 4) is 0 Å². The van der Waals surface area contributed by atoms with E-state index in [1.807, 2.05) is 30.3 Å². The van der Waals surface area contributed by atoms with Crippen LogP contribution in [0.15, 0.2) is 30.3 Å². The highest BCUT2D eigenvalue weighted by atomic mass is 16.2. The minimum atomic E-state index is -0.244. The predicted octanol–water partition coefficient (Wildman–Crippen LogP) is 1.03. The minimum absolute atomic E-state index is 0.112. The van der Waals surface area contributed by atoms with E-state index < -0.39 is 0 Å². The summed E-state index contributed by atoms with van der Waals surface area (Å²) in [6.45, 7) is 0.587. The van der Waals surface area contributed by atoms with Gasteiger partial charge in [-0.2, -0.15) is 0 Å². The van der Waals surface area contributed by atoms with Crippen LogP contribution in [-0.2, 0) is 11.3 Å². The number of urea groups is 1. The molecule has 1 aromatic rings. The third kappa shape index (κ3) is 3.81. The number of carbonyl (C=O) groups is 2. The first-order valence-corrected chi connectivity index (χ1v) is 4.70. The Balaban J connectivity index is 2.37. The van der Waals surface area contributed by atoms with Gasteiger partial charge in [0.2, 0.25) is 0 Å². The smallest absolute Gasteiger partial charge is 0.317 e. The average molecular weight is 206 g/mol. The van der Waals surface area contributed by atoms with Gasteiger partial charge >= 0.3 is 6.03 Å². The number of rotatable bonds is 4. The van der Waals surface area contributed by atoms with Crippen LogP contribution < -0.4 is 5.32 Å². The number of carbonyl (C=O) groups excluding carboxylic acids is 2. The summed E-state index contributed by atoms with van der Waals surface area (Å²) in [6, 6.07) is 9.36. The van der Waals surface area contributed by atoms with Crippen molar-refractivity contribution in [3.63, 3.8) is 0 Å². The van der Waals surface area contributed by atoms with Gasteiger partial charge in [0.05, 0.1) is 6.54 Å². The summed E-state index contributed by atoms with van der Waals surface area (Å²) in [4.78, 5) is 22.9. The van der Waals surface area contributed by atoms with Crippen molar-refractivity contribution in [2.45, 2.75) is 6.54 Å². The van der Waals surface area contributed by atoms with Gasteiger partial charge in [-0.25, -0.2) is 4.79 Å². The lowest BCUT2D eigenvalue weighted by atomic mass is 10.2. The maximum atomic E-state index is 11.4. The van der Waals surface area contributed by atoms with Gasteiger partial charge in [-0.1, -0.05) is 30.3 Å². The molecule has 0 saturated carbocycles. The zero-order valence-electron chi connectivity index (χ0n) is 8.64. The van der Waals surface area contributed by atoms with Crippen LogP contribution in [0.1, 0.15) is 5.56 Å². The normalized spacial score (nSPS) is 9.40. The highest BCUT2D eigenvalue weighted by Crippen LogP contribution is 1.97. The summed E-state index contributed by atoms with van der Waals surface area (Å²) in [5, 5.41) is 2.71. The first-order chi connectivity index (χ1) is 7.24. The molecular weight excluding hydrogens is 192 g/mol. The molecule has 0 atom stereocenters. The zero-order chi connectivity index (χ0) is 11.1. The number of hydrogen-bond acceptors (Lipinski definition) is 2. The SMILES string of the molecule is CN(CC=O)C(=O)NCc1ccccc1. The molecule has 0 fully saturated rings. The van der Waals surface area contributed by atoms with Crippen molar-refractivity contribution in [3.05, 3.63) is 35.9 Å². The first kappa shape index (κ1) is 11.2. The molecule has 0 aliphatic heterocycles. The Kier molecular flexibility index (Phi) is 4.34. The summed E-state index contributed by atoms with van der Waals surface area (Å²) in [5.74, 6) is 0. The summed E-state index contributed by atoms with van der Waals surface area (Å²) < 4.78 is 0. The maximum Gasteiger partial charge on any atom is 0.317 e. The summed E-state index contributed by atoms with van der Waals surface area (Å²) in [5.41, 5.74) is 1.03. The largest absolute Gasteiger partial charge is 0.334 e. The van der Waals surface area contributed by atoms with E-state index >= 15 is 0 Å². The summed E-state index contributed by atoms with van der Waals surface area (Å²) in [6.07, 6.45) is 0.697. The van der Waals surface area contributed by atoms with E-state index in [-0.39, 0.29) is 12.6 Å². The molecular formula is C11H14N2O2. The summed E-state index contributed by atoms with van der Waals surface area (Å²) >= 11 is 0. The van der Waals surface area contributed by atoms with Crippen molar-refractivity contribution >= 4 is 12.3 Å². The summed E-state index contributed by atoms with van der Waals surface area (Å²) in [7, 11) is 1.58. The number of hydrogen-bond donors (Lipinski definition) is 1. The second-order valence-electron chi connectivity index (χ2n) is 3.19. The molecule has 0 spiro atoms. The second kappa shape index (κ2) is 5.80. The molecule has 0 aliphatic carbocycles. The quantitative estimate of drug-likeness (QED) is 0.748. The Labute approximate surface area is 88.9 Å². The van der Waals surface area contributed by atoms with E-state index in [0.717, 1.165) is 5.56 Å². The number of aldehydes is 1. The Hall–Kier alpha value is -1.84. The molecule has 0 radical (unpaired) electrons.